The number of nitrogens with one attached hydrogen (secondary N) is 1. The number of allylic oxidation sites excluding steroid dienone is 1. The number of nitriles is 1. The first kappa shape index (κ1) is 17.0. The molecule has 0 aliphatic carbocycles. The van der Waals surface area contributed by atoms with Gasteiger partial charge in [0.2, 0.25) is 11.8 Å². The summed E-state index contributed by atoms with van der Waals surface area (Å²) in [5.74, 6) is 1.17. The van der Waals surface area contributed by atoms with Crippen LogP contribution in [0.4, 0.5) is 0 Å². The van der Waals surface area contributed by atoms with Crippen LogP contribution in [0.2, 0.25) is 0 Å². The number of rotatable bonds is 4. The first-order valence-electron chi connectivity index (χ1n) is 8.09. The highest BCUT2D eigenvalue weighted by atomic mass is 32.1. The molecule has 27 heavy (non-hydrogen) atoms. The van der Waals surface area contributed by atoms with E-state index in [1.807, 2.05) is 29.6 Å². The summed E-state index contributed by atoms with van der Waals surface area (Å²) in [7, 11) is 3.16. The van der Waals surface area contributed by atoms with Crippen molar-refractivity contribution in [2.45, 2.75) is 5.92 Å². The van der Waals surface area contributed by atoms with Crippen LogP contribution in [0.25, 0.3) is 10.6 Å². The van der Waals surface area contributed by atoms with Crippen molar-refractivity contribution >= 4 is 11.3 Å². The summed E-state index contributed by atoms with van der Waals surface area (Å²) >= 11 is 1.57. The van der Waals surface area contributed by atoms with Crippen molar-refractivity contribution < 1.29 is 14.2 Å². The number of nitrogens with two attached hydrogens (primary N) is 1. The standard InChI is InChI=1S/C19H16N4O3S/c1-24-10-5-6-11(13(8-10)25-2)15-12(9-20)18(21)26-19-16(15)17(22-23-19)14-4-3-7-27-14/h3-8,15H,21H2,1-2H3,(H,22,23)/t15-/m1/s1. The Labute approximate surface area is 159 Å². The number of nitrogens with zero attached hydrogens (tertiary/aromatic N) is 2. The van der Waals surface area contributed by atoms with Gasteiger partial charge in [0.15, 0.2) is 0 Å². The molecule has 136 valence electrons. The Morgan fingerprint density at radius 2 is 2.15 bits per heavy atom. The van der Waals surface area contributed by atoms with E-state index in [-0.39, 0.29) is 5.88 Å². The van der Waals surface area contributed by atoms with Gasteiger partial charge in [-0.2, -0.15) is 5.26 Å². The third-order valence-electron chi connectivity index (χ3n) is 4.46. The number of H-pyrrole nitrogens is 1. The Morgan fingerprint density at radius 1 is 1.30 bits per heavy atom. The SMILES string of the molecule is COc1ccc([C@@H]2C(C#N)=C(N)Oc3n[nH]c(-c4cccs4)c32)c(OC)c1. The summed E-state index contributed by atoms with van der Waals surface area (Å²) in [6, 6.07) is 11.6. The molecule has 0 saturated heterocycles. The molecule has 7 nitrogen and oxygen atoms in total. The highest BCUT2D eigenvalue weighted by molar-refractivity contribution is 7.13. The summed E-state index contributed by atoms with van der Waals surface area (Å²) in [4.78, 5) is 0.989. The number of hydrogen-bond donors (Lipinski definition) is 2. The molecule has 8 heteroatoms. The first-order valence-corrected chi connectivity index (χ1v) is 8.97. The highest BCUT2D eigenvalue weighted by Crippen LogP contribution is 2.48. The molecule has 3 heterocycles. The fourth-order valence-corrected chi connectivity index (χ4v) is 3.96. The number of aromatic amines is 1. The molecule has 0 amide bonds. The third kappa shape index (κ3) is 2.69. The molecular weight excluding hydrogens is 364 g/mol. The second-order valence-electron chi connectivity index (χ2n) is 5.83. The second-order valence-corrected chi connectivity index (χ2v) is 6.78. The van der Waals surface area contributed by atoms with E-state index in [9.17, 15) is 5.26 Å². The smallest absolute Gasteiger partial charge is 0.244 e. The zero-order chi connectivity index (χ0) is 19.0. The summed E-state index contributed by atoms with van der Waals surface area (Å²) in [6.45, 7) is 0. The van der Waals surface area contributed by atoms with Crippen molar-refractivity contribution in [3.63, 3.8) is 0 Å². The molecule has 3 aromatic rings. The molecule has 0 saturated carbocycles. The molecule has 0 spiro atoms. The van der Waals surface area contributed by atoms with Crippen LogP contribution in [0.5, 0.6) is 17.4 Å². The minimum Gasteiger partial charge on any atom is -0.497 e. The van der Waals surface area contributed by atoms with Gasteiger partial charge in [0, 0.05) is 11.6 Å². The van der Waals surface area contributed by atoms with E-state index in [0.717, 1.165) is 21.7 Å². The zero-order valence-corrected chi connectivity index (χ0v) is 15.5. The maximum Gasteiger partial charge on any atom is 0.244 e. The molecule has 0 fully saturated rings. The fourth-order valence-electron chi connectivity index (χ4n) is 3.22. The van der Waals surface area contributed by atoms with E-state index in [2.05, 4.69) is 16.3 Å². The number of hydrogen-bond acceptors (Lipinski definition) is 7. The van der Waals surface area contributed by atoms with Crippen molar-refractivity contribution in [2.75, 3.05) is 14.2 Å². The molecule has 1 aliphatic heterocycles. The van der Waals surface area contributed by atoms with Gasteiger partial charge >= 0.3 is 0 Å². The predicted molar refractivity (Wildman–Crippen MR) is 101 cm³/mol. The first-order chi connectivity index (χ1) is 13.2. The molecule has 1 atom stereocenters. The van der Waals surface area contributed by atoms with E-state index in [1.165, 1.54) is 0 Å². The zero-order valence-electron chi connectivity index (χ0n) is 14.6. The fraction of sp³-hybridized carbons (Fsp3) is 0.158. The normalized spacial score (nSPS) is 15.7. The van der Waals surface area contributed by atoms with Gasteiger partial charge in [-0.1, -0.05) is 12.1 Å². The van der Waals surface area contributed by atoms with Crippen LogP contribution in [-0.2, 0) is 0 Å². The molecule has 1 aromatic carbocycles. The number of aromatic nitrogens is 2. The van der Waals surface area contributed by atoms with Crippen LogP contribution in [0, 0.1) is 11.3 Å². The average molecular weight is 380 g/mol. The Hall–Kier alpha value is -3.44. The van der Waals surface area contributed by atoms with Crippen LogP contribution in [0.1, 0.15) is 17.0 Å². The van der Waals surface area contributed by atoms with Crippen molar-refractivity contribution in [1.29, 1.82) is 5.26 Å². The van der Waals surface area contributed by atoms with E-state index in [4.69, 9.17) is 19.9 Å². The molecule has 0 radical (unpaired) electrons. The van der Waals surface area contributed by atoms with Crippen LogP contribution in [0.3, 0.4) is 0 Å². The topological polar surface area (TPSA) is 106 Å². The maximum absolute atomic E-state index is 9.78. The van der Waals surface area contributed by atoms with Gasteiger partial charge in [-0.15, -0.1) is 16.4 Å². The van der Waals surface area contributed by atoms with Crippen molar-refractivity contribution in [3.05, 3.63) is 58.3 Å². The minimum absolute atomic E-state index is 0.0390. The minimum atomic E-state index is -0.476. The number of ether oxygens (including phenoxy) is 3. The Balaban J connectivity index is 1.97. The van der Waals surface area contributed by atoms with Gasteiger partial charge in [-0.05, 0) is 17.5 Å². The van der Waals surface area contributed by atoms with Crippen molar-refractivity contribution in [1.82, 2.24) is 10.2 Å². The van der Waals surface area contributed by atoms with Crippen LogP contribution in [0.15, 0.2) is 47.2 Å². The van der Waals surface area contributed by atoms with Gasteiger partial charge < -0.3 is 19.9 Å². The Bertz CT molecular complexity index is 1060. The molecule has 0 unspecified atom stereocenters. The maximum atomic E-state index is 9.78. The van der Waals surface area contributed by atoms with Crippen LogP contribution < -0.4 is 19.9 Å². The number of methoxy groups -OCH3 is 2. The summed E-state index contributed by atoms with van der Waals surface area (Å²) < 4.78 is 16.5. The van der Waals surface area contributed by atoms with E-state index in [1.54, 1.807) is 31.6 Å². The van der Waals surface area contributed by atoms with Crippen molar-refractivity contribution in [2.24, 2.45) is 5.73 Å². The number of thiophene rings is 1. The summed E-state index contributed by atoms with van der Waals surface area (Å²) in [6.07, 6.45) is 0. The highest BCUT2D eigenvalue weighted by Gasteiger charge is 2.37. The number of benzene rings is 1. The molecule has 3 N–H and O–H groups in total. The van der Waals surface area contributed by atoms with Gasteiger partial charge in [0.05, 0.1) is 36.3 Å². The number of fused-ring (bicyclic) bond motifs is 1. The summed E-state index contributed by atoms with van der Waals surface area (Å²) in [5.41, 5.74) is 8.67. The van der Waals surface area contributed by atoms with E-state index < -0.39 is 5.92 Å². The monoisotopic (exact) mass is 380 g/mol. The summed E-state index contributed by atoms with van der Waals surface area (Å²) in [5, 5.41) is 19.0. The molecule has 0 bridgehead atoms. The Kier molecular flexibility index (Phi) is 4.22. The average Bonchev–Trinajstić information content (AvgIpc) is 3.35. The second kappa shape index (κ2) is 6.70. The quantitative estimate of drug-likeness (QED) is 0.719. The van der Waals surface area contributed by atoms with E-state index >= 15 is 0 Å². The van der Waals surface area contributed by atoms with E-state index in [0.29, 0.717) is 23.0 Å². The van der Waals surface area contributed by atoms with Gasteiger partial charge in [0.25, 0.3) is 0 Å². The van der Waals surface area contributed by atoms with Gasteiger partial charge in [-0.25, -0.2) is 0 Å². The van der Waals surface area contributed by atoms with Gasteiger partial charge in [-0.3, -0.25) is 5.10 Å². The van der Waals surface area contributed by atoms with Gasteiger partial charge in [0.1, 0.15) is 23.1 Å². The van der Waals surface area contributed by atoms with Crippen LogP contribution in [-0.4, -0.2) is 24.4 Å². The largest absolute Gasteiger partial charge is 0.497 e. The lowest BCUT2D eigenvalue weighted by Gasteiger charge is -2.25. The Morgan fingerprint density at radius 3 is 2.81 bits per heavy atom. The van der Waals surface area contributed by atoms with Crippen LogP contribution >= 0.6 is 11.3 Å². The lowest BCUT2D eigenvalue weighted by atomic mass is 9.83. The molecule has 1 aliphatic rings. The molecule has 2 aromatic heterocycles. The lowest BCUT2D eigenvalue weighted by Crippen LogP contribution is -2.21. The molecule has 4 rings (SSSR count). The predicted octanol–water partition coefficient (Wildman–Crippen LogP) is 3.37. The lowest BCUT2D eigenvalue weighted by molar-refractivity contribution is 0.373. The molecular formula is C19H16N4O3S. The third-order valence-corrected chi connectivity index (χ3v) is 5.35. The van der Waals surface area contributed by atoms with Crippen molar-refractivity contribution in [3.8, 4) is 34.0 Å².